The van der Waals surface area contributed by atoms with Crippen LogP contribution in [0.15, 0.2) is 30.5 Å². The van der Waals surface area contributed by atoms with Crippen LogP contribution >= 0.6 is 0 Å². The normalized spacial score (nSPS) is 18.0. The maximum atomic E-state index is 12.5. The molecule has 0 radical (unpaired) electrons. The minimum absolute atomic E-state index is 0.0939. The van der Waals surface area contributed by atoms with Crippen molar-refractivity contribution in [1.82, 2.24) is 20.5 Å². The Balaban J connectivity index is 1.54. The lowest BCUT2D eigenvalue weighted by molar-refractivity contribution is -0.127. The number of urea groups is 1. The van der Waals surface area contributed by atoms with Gasteiger partial charge < -0.3 is 15.6 Å². The number of carbonyl (C=O) groups is 3. The van der Waals surface area contributed by atoms with Gasteiger partial charge in [-0.1, -0.05) is 25.1 Å². The molecule has 2 aromatic rings. The van der Waals surface area contributed by atoms with E-state index in [2.05, 4.69) is 15.6 Å². The number of nitrogens with one attached hydrogen (secondary N) is 3. The van der Waals surface area contributed by atoms with Gasteiger partial charge in [0.2, 0.25) is 5.91 Å². The summed E-state index contributed by atoms with van der Waals surface area (Å²) in [7, 11) is 0. The molecule has 1 saturated heterocycles. The number of hydrogen-bond donors (Lipinski definition) is 3. The monoisotopic (exact) mass is 370 g/mol. The number of amides is 4. The molecular formula is C20H26N4O3. The first-order chi connectivity index (χ1) is 13.0. The quantitative estimate of drug-likeness (QED) is 0.623. The summed E-state index contributed by atoms with van der Waals surface area (Å²) in [5.41, 5.74) is 2.11. The minimum Gasteiger partial charge on any atom is -0.361 e. The lowest BCUT2D eigenvalue weighted by Crippen LogP contribution is -2.35. The average Bonchev–Trinajstić information content (AvgIpc) is 3.19. The number of nitrogens with zero attached hydrogens (tertiary/aromatic N) is 1. The van der Waals surface area contributed by atoms with Crippen molar-refractivity contribution >= 4 is 28.7 Å². The SMILES string of the molecule is CCC(C)NC(=O)CCC1NC(=O)N(CCc2c[nH]c3ccccc23)C1=O. The van der Waals surface area contributed by atoms with Gasteiger partial charge in [-0.25, -0.2) is 4.79 Å². The van der Waals surface area contributed by atoms with E-state index in [1.807, 2.05) is 44.3 Å². The number of hydrogen-bond acceptors (Lipinski definition) is 3. The fraction of sp³-hybridized carbons (Fsp3) is 0.450. The Morgan fingerprint density at radius 2 is 2.07 bits per heavy atom. The molecule has 27 heavy (non-hydrogen) atoms. The van der Waals surface area contributed by atoms with Crippen molar-refractivity contribution in [3.8, 4) is 0 Å². The lowest BCUT2D eigenvalue weighted by atomic mass is 10.1. The van der Waals surface area contributed by atoms with E-state index < -0.39 is 6.04 Å². The second kappa shape index (κ2) is 8.24. The van der Waals surface area contributed by atoms with Gasteiger partial charge in [-0.15, -0.1) is 0 Å². The maximum absolute atomic E-state index is 12.5. The van der Waals surface area contributed by atoms with Crippen LogP contribution in [-0.2, 0) is 16.0 Å². The number of para-hydroxylation sites is 1. The number of aromatic nitrogens is 1. The molecule has 3 rings (SSSR count). The Kier molecular flexibility index (Phi) is 5.78. The zero-order valence-electron chi connectivity index (χ0n) is 15.7. The molecule has 1 aliphatic heterocycles. The molecule has 0 saturated carbocycles. The molecule has 3 N–H and O–H groups in total. The molecule has 7 heteroatoms. The van der Waals surface area contributed by atoms with Crippen LogP contribution in [-0.4, -0.2) is 46.4 Å². The van der Waals surface area contributed by atoms with Crippen LogP contribution in [0.2, 0.25) is 0 Å². The van der Waals surface area contributed by atoms with Gasteiger partial charge in [0.25, 0.3) is 5.91 Å². The molecule has 0 spiro atoms. The Labute approximate surface area is 158 Å². The summed E-state index contributed by atoms with van der Waals surface area (Å²) >= 11 is 0. The van der Waals surface area contributed by atoms with Crippen LogP contribution in [0.1, 0.15) is 38.7 Å². The van der Waals surface area contributed by atoms with E-state index in [0.717, 1.165) is 22.9 Å². The average molecular weight is 370 g/mol. The third kappa shape index (κ3) is 4.30. The highest BCUT2D eigenvalue weighted by atomic mass is 16.2. The van der Waals surface area contributed by atoms with Crippen molar-refractivity contribution in [2.45, 2.75) is 51.6 Å². The summed E-state index contributed by atoms with van der Waals surface area (Å²) in [4.78, 5) is 41.0. The van der Waals surface area contributed by atoms with Crippen LogP contribution < -0.4 is 10.6 Å². The van der Waals surface area contributed by atoms with Crippen molar-refractivity contribution < 1.29 is 14.4 Å². The summed E-state index contributed by atoms with van der Waals surface area (Å²) in [5.74, 6) is -0.347. The fourth-order valence-corrected chi connectivity index (χ4v) is 3.28. The maximum Gasteiger partial charge on any atom is 0.324 e. The van der Waals surface area contributed by atoms with E-state index in [9.17, 15) is 14.4 Å². The second-order valence-electron chi connectivity index (χ2n) is 7.02. The third-order valence-corrected chi connectivity index (χ3v) is 5.07. The predicted octanol–water partition coefficient (Wildman–Crippen LogP) is 2.33. The fourth-order valence-electron chi connectivity index (χ4n) is 3.28. The van der Waals surface area contributed by atoms with Crippen LogP contribution in [0.25, 0.3) is 10.9 Å². The molecule has 144 valence electrons. The first-order valence-electron chi connectivity index (χ1n) is 9.45. The first kappa shape index (κ1) is 18.9. The number of H-pyrrole nitrogens is 1. The van der Waals surface area contributed by atoms with Gasteiger partial charge in [-0.05, 0) is 37.8 Å². The Hall–Kier alpha value is -2.83. The highest BCUT2D eigenvalue weighted by Gasteiger charge is 2.37. The van der Waals surface area contributed by atoms with Gasteiger partial charge in [-0.2, -0.15) is 0 Å². The summed E-state index contributed by atoms with van der Waals surface area (Å²) in [6.07, 6.45) is 3.89. The largest absolute Gasteiger partial charge is 0.361 e. The van der Waals surface area contributed by atoms with Crippen molar-refractivity contribution in [3.05, 3.63) is 36.0 Å². The molecule has 0 aliphatic carbocycles. The van der Waals surface area contributed by atoms with Crippen molar-refractivity contribution in [2.75, 3.05) is 6.54 Å². The van der Waals surface area contributed by atoms with Crippen LogP contribution in [0.3, 0.4) is 0 Å². The summed E-state index contributed by atoms with van der Waals surface area (Å²) in [5, 5.41) is 6.66. The van der Waals surface area contributed by atoms with E-state index >= 15 is 0 Å². The van der Waals surface area contributed by atoms with Gasteiger partial charge in [0.1, 0.15) is 6.04 Å². The Morgan fingerprint density at radius 1 is 1.30 bits per heavy atom. The molecule has 1 aromatic carbocycles. The number of aromatic amines is 1. The van der Waals surface area contributed by atoms with Gasteiger partial charge in [0.15, 0.2) is 0 Å². The Bertz CT molecular complexity index is 845. The van der Waals surface area contributed by atoms with Gasteiger partial charge >= 0.3 is 6.03 Å². The molecule has 1 aliphatic rings. The molecule has 2 atom stereocenters. The lowest BCUT2D eigenvalue weighted by Gasteiger charge is -2.14. The van der Waals surface area contributed by atoms with E-state index in [0.29, 0.717) is 19.4 Å². The molecule has 0 bridgehead atoms. The van der Waals surface area contributed by atoms with Crippen molar-refractivity contribution in [1.29, 1.82) is 0 Å². The molecule has 1 fully saturated rings. The molecule has 2 unspecified atom stereocenters. The van der Waals surface area contributed by atoms with E-state index in [1.54, 1.807) is 0 Å². The molecule has 2 heterocycles. The number of fused-ring (bicyclic) bond motifs is 1. The number of rotatable bonds is 8. The highest BCUT2D eigenvalue weighted by molar-refractivity contribution is 6.04. The summed E-state index contributed by atoms with van der Waals surface area (Å²) in [6, 6.07) is 7.05. The molecule has 1 aromatic heterocycles. The summed E-state index contributed by atoms with van der Waals surface area (Å²) < 4.78 is 0. The molecule has 7 nitrogen and oxygen atoms in total. The van der Waals surface area contributed by atoms with Crippen LogP contribution in [0, 0.1) is 0 Å². The van der Waals surface area contributed by atoms with Crippen LogP contribution in [0.4, 0.5) is 4.79 Å². The third-order valence-electron chi connectivity index (χ3n) is 5.07. The zero-order chi connectivity index (χ0) is 19.4. The summed E-state index contributed by atoms with van der Waals surface area (Å²) in [6.45, 7) is 4.26. The zero-order valence-corrected chi connectivity index (χ0v) is 15.7. The topological polar surface area (TPSA) is 94.3 Å². The van der Waals surface area contributed by atoms with E-state index in [4.69, 9.17) is 0 Å². The smallest absolute Gasteiger partial charge is 0.324 e. The second-order valence-corrected chi connectivity index (χ2v) is 7.02. The molecule has 4 amide bonds. The van der Waals surface area contributed by atoms with Crippen LogP contribution in [0.5, 0.6) is 0 Å². The van der Waals surface area contributed by atoms with E-state index in [-0.39, 0.29) is 30.3 Å². The number of carbonyl (C=O) groups excluding carboxylic acids is 3. The first-order valence-corrected chi connectivity index (χ1v) is 9.45. The number of imide groups is 1. The van der Waals surface area contributed by atoms with Gasteiger partial charge in [0, 0.05) is 36.1 Å². The predicted molar refractivity (Wildman–Crippen MR) is 103 cm³/mol. The van der Waals surface area contributed by atoms with Gasteiger partial charge in [-0.3, -0.25) is 14.5 Å². The Morgan fingerprint density at radius 3 is 2.85 bits per heavy atom. The van der Waals surface area contributed by atoms with E-state index in [1.165, 1.54) is 4.90 Å². The minimum atomic E-state index is -0.622. The van der Waals surface area contributed by atoms with Crippen molar-refractivity contribution in [2.24, 2.45) is 0 Å². The molecular weight excluding hydrogens is 344 g/mol. The van der Waals surface area contributed by atoms with Gasteiger partial charge in [0.05, 0.1) is 0 Å². The van der Waals surface area contributed by atoms with Crippen molar-refractivity contribution in [3.63, 3.8) is 0 Å². The highest BCUT2D eigenvalue weighted by Crippen LogP contribution is 2.19. The number of benzene rings is 1. The standard InChI is InChI=1S/C20H26N4O3/c1-3-13(2)22-18(25)9-8-17-19(26)24(20(27)23-17)11-10-14-12-21-16-7-5-4-6-15(14)16/h4-7,12-13,17,21H,3,8-11H2,1-2H3,(H,22,25)(H,23,27).